The minimum absolute atomic E-state index is 0.0941. The molecule has 1 heterocycles. The summed E-state index contributed by atoms with van der Waals surface area (Å²) in [6, 6.07) is 14.1. The van der Waals surface area contributed by atoms with E-state index in [-0.39, 0.29) is 23.1 Å². The Labute approximate surface area is 172 Å². The molecule has 0 saturated heterocycles. The zero-order chi connectivity index (χ0) is 20.8. The minimum Gasteiger partial charge on any atom is -0.326 e. The molecule has 2 aromatic carbocycles. The van der Waals surface area contributed by atoms with Crippen LogP contribution in [-0.4, -0.2) is 27.1 Å². The quantitative estimate of drug-likeness (QED) is 0.459. The number of nitrogens with one attached hydrogen (secondary N) is 2. The van der Waals surface area contributed by atoms with Gasteiger partial charge in [-0.05, 0) is 36.8 Å². The van der Waals surface area contributed by atoms with Gasteiger partial charge in [0.05, 0.1) is 16.7 Å². The Bertz CT molecular complexity index is 1110. The normalized spacial score (nSPS) is 10.7. The first-order chi connectivity index (χ1) is 14.0. The third-order valence-electron chi connectivity index (χ3n) is 4.07. The molecule has 150 valence electrons. The molecule has 2 N–H and O–H groups in total. The van der Waals surface area contributed by atoms with Crippen molar-refractivity contribution in [1.29, 1.82) is 0 Å². The van der Waals surface area contributed by atoms with E-state index in [4.69, 9.17) is 0 Å². The number of carbonyl (C=O) groups excluding carboxylic acids is 2. The molecule has 29 heavy (non-hydrogen) atoms. The molecule has 3 aromatic rings. The molecule has 7 nitrogen and oxygen atoms in total. The fraction of sp³-hybridized carbons (Fsp3) is 0.238. The molecule has 0 radical (unpaired) electrons. The lowest BCUT2D eigenvalue weighted by molar-refractivity contribution is -0.114. The van der Waals surface area contributed by atoms with E-state index in [9.17, 15) is 14.4 Å². The Kier molecular flexibility index (Phi) is 6.66. The highest BCUT2D eigenvalue weighted by Crippen LogP contribution is 2.20. The first-order valence-corrected chi connectivity index (χ1v) is 10.3. The summed E-state index contributed by atoms with van der Waals surface area (Å²) >= 11 is 1.23. The zero-order valence-electron chi connectivity index (χ0n) is 16.3. The highest BCUT2D eigenvalue weighted by Gasteiger charge is 2.13. The lowest BCUT2D eigenvalue weighted by Gasteiger charge is -2.12. The minimum atomic E-state index is -0.222. The number of hydrogen-bond donors (Lipinski definition) is 2. The van der Waals surface area contributed by atoms with Crippen LogP contribution in [0.1, 0.15) is 20.3 Å². The van der Waals surface area contributed by atoms with E-state index >= 15 is 0 Å². The van der Waals surface area contributed by atoms with Crippen molar-refractivity contribution < 1.29 is 9.59 Å². The van der Waals surface area contributed by atoms with Crippen molar-refractivity contribution in [2.45, 2.75) is 32.0 Å². The third kappa shape index (κ3) is 5.23. The smallest absolute Gasteiger partial charge is 0.262 e. The van der Waals surface area contributed by atoms with Gasteiger partial charge in [0.1, 0.15) is 0 Å². The summed E-state index contributed by atoms with van der Waals surface area (Å²) in [6.07, 6.45) is 0.787. The molecule has 8 heteroatoms. The van der Waals surface area contributed by atoms with Gasteiger partial charge < -0.3 is 10.6 Å². The van der Waals surface area contributed by atoms with Crippen LogP contribution in [0.3, 0.4) is 0 Å². The molecule has 3 rings (SSSR count). The van der Waals surface area contributed by atoms with Gasteiger partial charge in [0, 0.05) is 24.8 Å². The highest BCUT2D eigenvalue weighted by molar-refractivity contribution is 7.99. The van der Waals surface area contributed by atoms with Crippen LogP contribution in [0.2, 0.25) is 0 Å². The maximum Gasteiger partial charge on any atom is 0.262 e. The van der Waals surface area contributed by atoms with Crippen molar-refractivity contribution in [3.8, 4) is 0 Å². The van der Waals surface area contributed by atoms with E-state index in [0.29, 0.717) is 34.0 Å². The Morgan fingerprint density at radius 3 is 2.52 bits per heavy atom. The molecule has 0 unspecified atom stereocenters. The Morgan fingerprint density at radius 2 is 1.79 bits per heavy atom. The number of nitrogens with zero attached hydrogens (tertiary/aromatic N) is 2. The van der Waals surface area contributed by atoms with Crippen molar-refractivity contribution in [3.63, 3.8) is 0 Å². The van der Waals surface area contributed by atoms with Gasteiger partial charge in [-0.1, -0.05) is 36.9 Å². The number of amides is 2. The molecule has 0 spiro atoms. The number of anilines is 2. The molecule has 1 aromatic heterocycles. The molecule has 0 saturated carbocycles. The van der Waals surface area contributed by atoms with Gasteiger partial charge in [0.25, 0.3) is 5.56 Å². The van der Waals surface area contributed by atoms with Gasteiger partial charge in [0.15, 0.2) is 5.16 Å². The molecule has 0 fully saturated rings. The number of para-hydroxylation sites is 1. The van der Waals surface area contributed by atoms with Gasteiger partial charge in [-0.3, -0.25) is 19.0 Å². The number of benzene rings is 2. The maximum absolute atomic E-state index is 12.8. The number of thioether (sulfide) groups is 1. The Hall–Kier alpha value is -3.13. The second kappa shape index (κ2) is 9.38. The van der Waals surface area contributed by atoms with Crippen LogP contribution < -0.4 is 16.2 Å². The van der Waals surface area contributed by atoms with Crippen LogP contribution in [0.4, 0.5) is 11.4 Å². The van der Waals surface area contributed by atoms with E-state index in [1.807, 2.05) is 19.1 Å². The van der Waals surface area contributed by atoms with Gasteiger partial charge in [-0.25, -0.2) is 4.98 Å². The second-order valence-electron chi connectivity index (χ2n) is 6.47. The largest absolute Gasteiger partial charge is 0.326 e. The first kappa shape index (κ1) is 20.6. The summed E-state index contributed by atoms with van der Waals surface area (Å²) in [5, 5.41) is 6.58. The Balaban J connectivity index is 1.74. The van der Waals surface area contributed by atoms with E-state index in [1.54, 1.807) is 41.0 Å². The van der Waals surface area contributed by atoms with Crippen LogP contribution in [-0.2, 0) is 16.1 Å². The summed E-state index contributed by atoms with van der Waals surface area (Å²) in [4.78, 5) is 40.9. The van der Waals surface area contributed by atoms with Crippen LogP contribution in [0, 0.1) is 0 Å². The average molecular weight is 410 g/mol. The predicted molar refractivity (Wildman–Crippen MR) is 116 cm³/mol. The summed E-state index contributed by atoms with van der Waals surface area (Å²) in [5.74, 6) is -0.292. The van der Waals surface area contributed by atoms with Crippen molar-refractivity contribution in [3.05, 3.63) is 58.9 Å². The molecule has 2 amide bonds. The lowest BCUT2D eigenvalue weighted by Crippen LogP contribution is -2.24. The summed E-state index contributed by atoms with van der Waals surface area (Å²) in [6.45, 7) is 3.96. The lowest BCUT2D eigenvalue weighted by atomic mass is 10.2. The molecular formula is C21H22N4O3S. The van der Waals surface area contributed by atoms with Gasteiger partial charge in [0.2, 0.25) is 11.8 Å². The number of carbonyl (C=O) groups is 2. The predicted octanol–water partition coefficient (Wildman–Crippen LogP) is 3.50. The summed E-state index contributed by atoms with van der Waals surface area (Å²) in [5.41, 5.74) is 1.72. The summed E-state index contributed by atoms with van der Waals surface area (Å²) in [7, 11) is 0. The Morgan fingerprint density at radius 1 is 1.07 bits per heavy atom. The van der Waals surface area contributed by atoms with Crippen molar-refractivity contribution >= 4 is 45.9 Å². The van der Waals surface area contributed by atoms with Crippen LogP contribution in [0.5, 0.6) is 0 Å². The van der Waals surface area contributed by atoms with E-state index < -0.39 is 0 Å². The van der Waals surface area contributed by atoms with Crippen LogP contribution in [0.15, 0.2) is 58.5 Å². The maximum atomic E-state index is 12.8. The van der Waals surface area contributed by atoms with Crippen LogP contribution in [0.25, 0.3) is 10.9 Å². The van der Waals surface area contributed by atoms with Crippen LogP contribution >= 0.6 is 11.8 Å². The first-order valence-electron chi connectivity index (χ1n) is 9.28. The van der Waals surface area contributed by atoms with Crippen molar-refractivity contribution in [1.82, 2.24) is 9.55 Å². The molecule has 0 aliphatic heterocycles. The van der Waals surface area contributed by atoms with Gasteiger partial charge >= 0.3 is 0 Å². The van der Waals surface area contributed by atoms with E-state index in [0.717, 1.165) is 6.42 Å². The average Bonchev–Trinajstić information content (AvgIpc) is 2.69. The SMILES string of the molecule is CCCn1c(SCC(=O)Nc2cccc(NC(C)=O)c2)nc2ccccc2c1=O. The van der Waals surface area contributed by atoms with E-state index in [1.165, 1.54) is 18.7 Å². The number of fused-ring (bicyclic) bond motifs is 1. The number of rotatable bonds is 7. The second-order valence-corrected chi connectivity index (χ2v) is 7.41. The molecule has 0 atom stereocenters. The number of aromatic nitrogens is 2. The molecule has 0 aliphatic carbocycles. The highest BCUT2D eigenvalue weighted by atomic mass is 32.2. The monoisotopic (exact) mass is 410 g/mol. The third-order valence-corrected chi connectivity index (χ3v) is 5.05. The zero-order valence-corrected chi connectivity index (χ0v) is 17.1. The molecule has 0 bridgehead atoms. The fourth-order valence-corrected chi connectivity index (χ4v) is 3.71. The topological polar surface area (TPSA) is 93.1 Å². The van der Waals surface area contributed by atoms with E-state index in [2.05, 4.69) is 15.6 Å². The van der Waals surface area contributed by atoms with Crippen molar-refractivity contribution in [2.24, 2.45) is 0 Å². The van der Waals surface area contributed by atoms with Gasteiger partial charge in [-0.2, -0.15) is 0 Å². The van der Waals surface area contributed by atoms with Gasteiger partial charge in [-0.15, -0.1) is 0 Å². The standard InChI is InChI=1S/C21H22N4O3S/c1-3-11-25-20(28)17-9-4-5-10-18(17)24-21(25)29-13-19(27)23-16-8-6-7-15(12-16)22-14(2)26/h4-10,12H,3,11,13H2,1-2H3,(H,22,26)(H,23,27). The summed E-state index contributed by atoms with van der Waals surface area (Å²) < 4.78 is 1.62. The van der Waals surface area contributed by atoms with Crippen molar-refractivity contribution in [2.75, 3.05) is 16.4 Å². The molecular weight excluding hydrogens is 388 g/mol. The molecule has 0 aliphatic rings. The fourth-order valence-electron chi connectivity index (χ4n) is 2.88. The number of hydrogen-bond acceptors (Lipinski definition) is 5.